The van der Waals surface area contributed by atoms with Gasteiger partial charge < -0.3 is 14.2 Å². The quantitative estimate of drug-likeness (QED) is 0.254. The topological polar surface area (TPSA) is 63.2 Å². The average Bonchev–Trinajstić information content (AvgIpc) is 3.02. The molecule has 3 unspecified atom stereocenters. The summed E-state index contributed by atoms with van der Waals surface area (Å²) >= 11 is 0. The Morgan fingerprint density at radius 3 is 1.56 bits per heavy atom. The molecule has 0 aromatic carbocycles. The minimum atomic E-state index is -7.96. The molecule has 214 valence electrons. The number of alkyl halides is 17. The summed E-state index contributed by atoms with van der Waals surface area (Å²) in [5, 5.41) is 0. The van der Waals surface area contributed by atoms with E-state index in [0.29, 0.717) is 0 Å². The summed E-state index contributed by atoms with van der Waals surface area (Å²) in [6.45, 7) is -5.16. The highest BCUT2D eigenvalue weighted by atomic mass is 19.4. The number of carbonyl (C=O) groups excluding carboxylic acids is 1. The van der Waals surface area contributed by atoms with Gasteiger partial charge in [0.25, 0.3) is 0 Å². The van der Waals surface area contributed by atoms with E-state index in [1.807, 2.05) is 4.74 Å². The highest BCUT2D eigenvalue weighted by Gasteiger charge is 2.85. The van der Waals surface area contributed by atoms with Crippen LogP contribution in [0.4, 0.5) is 79.4 Å². The van der Waals surface area contributed by atoms with E-state index in [2.05, 4.69) is 14.2 Å². The first-order valence-electron chi connectivity index (χ1n) is 8.16. The zero-order chi connectivity index (χ0) is 28.8. The molecule has 36 heavy (non-hydrogen) atoms. The molecule has 1 saturated heterocycles. The lowest BCUT2D eigenvalue weighted by atomic mass is 10.2. The third-order valence-electron chi connectivity index (χ3n) is 3.68. The van der Waals surface area contributed by atoms with Crippen LogP contribution in [0.2, 0.25) is 0 Å². The number of rotatable bonds is 10. The lowest BCUT2D eigenvalue weighted by Crippen LogP contribution is -2.67. The maximum Gasteiger partial charge on any atom is 0.508 e. The molecule has 0 saturated carbocycles. The van der Waals surface area contributed by atoms with E-state index in [9.17, 15) is 79.4 Å². The van der Waals surface area contributed by atoms with E-state index < -0.39 is 80.5 Å². The van der Waals surface area contributed by atoms with E-state index in [-0.39, 0.29) is 0 Å². The van der Waals surface area contributed by atoms with Crippen molar-refractivity contribution in [2.24, 2.45) is 0 Å². The van der Waals surface area contributed by atoms with Crippen LogP contribution in [0.1, 0.15) is 0 Å². The summed E-state index contributed by atoms with van der Waals surface area (Å²) in [6.07, 6.45) is -41.2. The highest BCUT2D eigenvalue weighted by Crippen LogP contribution is 2.56. The normalized spacial score (nSPS) is 22.0. The maximum atomic E-state index is 14.1. The van der Waals surface area contributed by atoms with Crippen molar-refractivity contribution < 1.29 is 103 Å². The number of hydrogen-bond acceptors (Lipinski definition) is 6. The molecule has 6 nitrogen and oxygen atoms in total. The van der Waals surface area contributed by atoms with E-state index in [0.717, 1.165) is 0 Å². The maximum absolute atomic E-state index is 14.1. The summed E-state index contributed by atoms with van der Waals surface area (Å²) in [7, 11) is 0. The van der Waals surface area contributed by atoms with Crippen LogP contribution in [0.3, 0.4) is 0 Å². The van der Waals surface area contributed by atoms with Crippen molar-refractivity contribution in [1.29, 1.82) is 0 Å². The molecule has 1 aliphatic heterocycles. The molecule has 23 heteroatoms. The minimum absolute atomic E-state index is 0.793. The Labute approximate surface area is 185 Å². The minimum Gasteiger partial charge on any atom is -0.430 e. The number of cyclic esters (lactones) is 2. The lowest BCUT2D eigenvalue weighted by Gasteiger charge is -2.40. The van der Waals surface area contributed by atoms with Crippen LogP contribution in [-0.4, -0.2) is 80.5 Å². The van der Waals surface area contributed by atoms with Crippen molar-refractivity contribution in [2.75, 3.05) is 19.8 Å². The predicted octanol–water partition coefficient (Wildman–Crippen LogP) is 5.41. The number of halogens is 17. The van der Waals surface area contributed by atoms with Gasteiger partial charge in [-0.3, -0.25) is 9.47 Å². The first kappa shape index (κ1) is 32.0. The molecule has 0 aromatic rings. The van der Waals surface area contributed by atoms with Gasteiger partial charge in [-0.2, -0.15) is 74.6 Å². The van der Waals surface area contributed by atoms with Gasteiger partial charge in [0, 0.05) is 0 Å². The van der Waals surface area contributed by atoms with Crippen LogP contribution in [0.5, 0.6) is 0 Å². The number of carbonyl (C=O) groups is 1. The van der Waals surface area contributed by atoms with Gasteiger partial charge in [-0.25, -0.2) is 4.79 Å². The molecule has 0 amide bonds. The predicted molar refractivity (Wildman–Crippen MR) is 69.9 cm³/mol. The molecule has 0 N–H and O–H groups in total. The third kappa shape index (κ3) is 6.08. The molecule has 0 spiro atoms. The molecule has 3 atom stereocenters. The fourth-order valence-electron chi connectivity index (χ4n) is 1.89. The second kappa shape index (κ2) is 9.36. The molecule has 1 aliphatic rings. The van der Waals surface area contributed by atoms with Crippen molar-refractivity contribution in [3.8, 4) is 0 Å². The van der Waals surface area contributed by atoms with E-state index in [4.69, 9.17) is 0 Å². The van der Waals surface area contributed by atoms with Gasteiger partial charge in [-0.05, 0) is 0 Å². The van der Waals surface area contributed by atoms with Gasteiger partial charge in [0.05, 0.1) is 6.61 Å². The summed E-state index contributed by atoms with van der Waals surface area (Å²) in [6, 6.07) is 0. The molecular weight excluding hydrogens is 575 g/mol. The lowest BCUT2D eigenvalue weighted by molar-refractivity contribution is -0.553. The molecule has 0 aliphatic carbocycles. The van der Waals surface area contributed by atoms with Crippen LogP contribution in [0, 0.1) is 0 Å². The standard InChI is InChI=1S/C13H7F17O6/c14-6(9(18,19)20,3-32-1-4-2-33-5(31)34-4)35-13(29,30)8(17,11(24,25)26)36-12(27,28)7(15,16)10(21,22)23/h4H,1-3H2. The van der Waals surface area contributed by atoms with E-state index >= 15 is 0 Å². The Kier molecular flexibility index (Phi) is 8.32. The van der Waals surface area contributed by atoms with Gasteiger partial charge in [-0.1, -0.05) is 0 Å². The van der Waals surface area contributed by atoms with Crippen molar-refractivity contribution in [3.05, 3.63) is 0 Å². The first-order valence-corrected chi connectivity index (χ1v) is 8.16. The van der Waals surface area contributed by atoms with Crippen molar-refractivity contribution >= 4 is 6.16 Å². The fraction of sp³-hybridized carbons (Fsp3) is 0.923. The first-order chi connectivity index (χ1) is 15.6. The molecule has 0 radical (unpaired) electrons. The Balaban J connectivity index is 3.35. The van der Waals surface area contributed by atoms with Crippen LogP contribution in [0.25, 0.3) is 0 Å². The zero-order valence-electron chi connectivity index (χ0n) is 16.1. The van der Waals surface area contributed by atoms with Gasteiger partial charge in [0.15, 0.2) is 6.10 Å². The van der Waals surface area contributed by atoms with Gasteiger partial charge >= 0.3 is 54.5 Å². The third-order valence-corrected chi connectivity index (χ3v) is 3.68. The average molecular weight is 582 g/mol. The van der Waals surface area contributed by atoms with Crippen molar-refractivity contribution in [3.63, 3.8) is 0 Å². The molecule has 1 fully saturated rings. The summed E-state index contributed by atoms with van der Waals surface area (Å²) in [5.74, 6) is -22.1. The van der Waals surface area contributed by atoms with E-state index in [1.54, 1.807) is 0 Å². The molecular formula is C13H7F17O6. The van der Waals surface area contributed by atoms with Crippen LogP contribution >= 0.6 is 0 Å². The highest BCUT2D eigenvalue weighted by molar-refractivity contribution is 5.61. The second-order valence-corrected chi connectivity index (χ2v) is 6.45. The van der Waals surface area contributed by atoms with Gasteiger partial charge in [0.1, 0.15) is 13.2 Å². The second-order valence-electron chi connectivity index (χ2n) is 6.45. The molecule has 0 aromatic heterocycles. The Morgan fingerprint density at radius 1 is 0.694 bits per heavy atom. The summed E-state index contributed by atoms with van der Waals surface area (Å²) < 4.78 is 236. The molecule has 0 bridgehead atoms. The largest absolute Gasteiger partial charge is 0.508 e. The Hall–Kier alpha value is -2.04. The Morgan fingerprint density at radius 2 is 1.19 bits per heavy atom. The Bertz CT molecular complexity index is 791. The zero-order valence-corrected chi connectivity index (χ0v) is 16.1. The van der Waals surface area contributed by atoms with Gasteiger partial charge in [-0.15, -0.1) is 0 Å². The molecule has 1 heterocycles. The number of ether oxygens (including phenoxy) is 5. The van der Waals surface area contributed by atoms with Gasteiger partial charge in [0.2, 0.25) is 0 Å². The van der Waals surface area contributed by atoms with Crippen molar-refractivity contribution in [2.45, 2.75) is 54.5 Å². The fourth-order valence-corrected chi connectivity index (χ4v) is 1.89. The monoisotopic (exact) mass is 582 g/mol. The SMILES string of the molecule is O=C1OCC(COCC(F)(OC(F)(F)C(F)(OC(F)(F)C(F)(F)C(F)(F)F)C(F)(F)F)C(F)(F)F)O1. The number of hydrogen-bond donors (Lipinski definition) is 0. The van der Waals surface area contributed by atoms with Crippen LogP contribution in [-0.2, 0) is 23.7 Å². The van der Waals surface area contributed by atoms with Crippen molar-refractivity contribution in [1.82, 2.24) is 0 Å². The smallest absolute Gasteiger partial charge is 0.430 e. The van der Waals surface area contributed by atoms with Crippen LogP contribution < -0.4 is 0 Å². The molecule has 1 rings (SSSR count). The van der Waals surface area contributed by atoms with Crippen LogP contribution in [0.15, 0.2) is 0 Å². The summed E-state index contributed by atoms with van der Waals surface area (Å²) in [5.41, 5.74) is 0. The summed E-state index contributed by atoms with van der Waals surface area (Å²) in [4.78, 5) is 10.6. The van der Waals surface area contributed by atoms with E-state index in [1.165, 1.54) is 4.74 Å².